The summed E-state index contributed by atoms with van der Waals surface area (Å²) in [4.78, 5) is 14.0. The lowest BCUT2D eigenvalue weighted by atomic mass is 9.72. The minimum absolute atomic E-state index is 0.0638. The van der Waals surface area contributed by atoms with Gasteiger partial charge in [-0.25, -0.2) is 14.6 Å². The second kappa shape index (κ2) is 7.92. The molecule has 0 aromatic carbocycles. The number of rotatable bonds is 5. The average molecular weight is 479 g/mol. The number of hydrogen-bond acceptors (Lipinski definition) is 7. The first-order chi connectivity index (χ1) is 15.9. The van der Waals surface area contributed by atoms with Crippen LogP contribution in [0.1, 0.15) is 36.1 Å². The van der Waals surface area contributed by atoms with Crippen molar-refractivity contribution in [2.24, 2.45) is 5.41 Å². The van der Waals surface area contributed by atoms with Crippen molar-refractivity contribution in [3.63, 3.8) is 0 Å². The molecule has 0 radical (unpaired) electrons. The third-order valence-corrected chi connectivity index (χ3v) is 7.75. The van der Waals surface area contributed by atoms with Gasteiger partial charge in [-0.1, -0.05) is 0 Å². The van der Waals surface area contributed by atoms with Crippen LogP contribution in [-0.2, 0) is 17.7 Å². The van der Waals surface area contributed by atoms with E-state index in [0.717, 1.165) is 80.4 Å². The fourth-order valence-corrected chi connectivity index (χ4v) is 6.36. The van der Waals surface area contributed by atoms with E-state index in [1.54, 1.807) is 6.07 Å². The number of nitrogens with zero attached hydrogens (tertiary/aromatic N) is 6. The van der Waals surface area contributed by atoms with Gasteiger partial charge in [0.2, 0.25) is 0 Å². The zero-order chi connectivity index (χ0) is 22.6. The van der Waals surface area contributed by atoms with Crippen LogP contribution in [0.3, 0.4) is 0 Å². The topological polar surface area (TPSA) is 59.3 Å². The standard InChI is InChI=1S/C22H25F3N6OS/c23-22(24,25)8-16-7-17-19(26-14-27-20(17)33-16)30-12-21(13-30)10-29(11-21)9-15-4-5-31(28-15)18-3-1-2-6-32-18/h4-5,7,14,18H,1-3,6,8-13H2. The zero-order valence-electron chi connectivity index (χ0n) is 18.1. The average Bonchev–Trinajstić information content (AvgIpc) is 3.34. The van der Waals surface area contributed by atoms with Crippen LogP contribution in [-0.4, -0.2) is 63.6 Å². The molecule has 1 unspecified atom stereocenters. The summed E-state index contributed by atoms with van der Waals surface area (Å²) in [6, 6.07) is 3.68. The summed E-state index contributed by atoms with van der Waals surface area (Å²) in [5.41, 5.74) is 1.29. The molecule has 1 spiro atoms. The van der Waals surface area contributed by atoms with Crippen molar-refractivity contribution in [2.45, 2.75) is 44.6 Å². The maximum atomic E-state index is 12.8. The maximum absolute atomic E-state index is 12.8. The van der Waals surface area contributed by atoms with E-state index in [1.165, 1.54) is 12.7 Å². The minimum Gasteiger partial charge on any atom is -0.357 e. The number of halogens is 3. The van der Waals surface area contributed by atoms with Crippen LogP contribution in [0.15, 0.2) is 24.7 Å². The van der Waals surface area contributed by atoms with E-state index < -0.39 is 12.6 Å². The van der Waals surface area contributed by atoms with Gasteiger partial charge in [0.05, 0.1) is 17.5 Å². The molecule has 11 heteroatoms. The molecule has 3 saturated heterocycles. The molecule has 0 aliphatic carbocycles. The number of hydrogen-bond donors (Lipinski definition) is 0. The second-order valence-electron chi connectivity index (χ2n) is 9.53. The number of thiophene rings is 1. The lowest BCUT2D eigenvalue weighted by molar-refractivity contribution is -0.126. The highest BCUT2D eigenvalue weighted by Gasteiger charge is 2.52. The molecule has 1 atom stereocenters. The van der Waals surface area contributed by atoms with Gasteiger partial charge in [0, 0.05) is 55.8 Å². The first kappa shape index (κ1) is 21.3. The van der Waals surface area contributed by atoms with E-state index in [-0.39, 0.29) is 16.5 Å². The van der Waals surface area contributed by atoms with E-state index in [2.05, 4.69) is 25.8 Å². The van der Waals surface area contributed by atoms with Crippen molar-refractivity contribution < 1.29 is 17.9 Å². The Labute approximate surface area is 193 Å². The minimum atomic E-state index is -4.22. The Bertz CT molecular complexity index is 1140. The lowest BCUT2D eigenvalue weighted by Gasteiger charge is -2.60. The van der Waals surface area contributed by atoms with Crippen molar-refractivity contribution in [3.8, 4) is 0 Å². The van der Waals surface area contributed by atoms with Crippen LogP contribution in [0, 0.1) is 5.41 Å². The van der Waals surface area contributed by atoms with E-state index in [4.69, 9.17) is 9.84 Å². The van der Waals surface area contributed by atoms with Crippen LogP contribution in [0.2, 0.25) is 0 Å². The molecule has 0 N–H and O–H groups in total. The van der Waals surface area contributed by atoms with Crippen molar-refractivity contribution in [2.75, 3.05) is 37.7 Å². The van der Waals surface area contributed by atoms with Crippen molar-refractivity contribution in [1.82, 2.24) is 24.6 Å². The number of alkyl halides is 3. The van der Waals surface area contributed by atoms with Gasteiger partial charge in [-0.3, -0.25) is 4.90 Å². The second-order valence-corrected chi connectivity index (χ2v) is 10.6. The highest BCUT2D eigenvalue weighted by molar-refractivity contribution is 7.18. The molecule has 6 rings (SSSR count). The van der Waals surface area contributed by atoms with Gasteiger partial charge in [-0.05, 0) is 31.4 Å². The molecule has 6 heterocycles. The van der Waals surface area contributed by atoms with Crippen LogP contribution < -0.4 is 4.90 Å². The van der Waals surface area contributed by atoms with Gasteiger partial charge >= 0.3 is 6.18 Å². The van der Waals surface area contributed by atoms with Crippen molar-refractivity contribution in [1.29, 1.82) is 0 Å². The van der Waals surface area contributed by atoms with E-state index in [9.17, 15) is 13.2 Å². The summed E-state index contributed by atoms with van der Waals surface area (Å²) in [5.74, 6) is 0.750. The molecule has 3 aromatic heterocycles. The van der Waals surface area contributed by atoms with E-state index in [1.807, 2.05) is 10.9 Å². The Balaban J connectivity index is 1.05. The van der Waals surface area contributed by atoms with Crippen LogP contribution in [0.5, 0.6) is 0 Å². The fourth-order valence-electron chi connectivity index (χ4n) is 5.34. The number of likely N-dealkylation sites (tertiary alicyclic amines) is 1. The highest BCUT2D eigenvalue weighted by atomic mass is 32.1. The van der Waals surface area contributed by atoms with Gasteiger partial charge in [0.15, 0.2) is 0 Å². The SMILES string of the molecule is FC(F)(F)Cc1cc2c(N3CC4(CN(Cc5ccn(C6CCCCO6)n5)C4)C3)ncnc2s1. The number of anilines is 1. The lowest BCUT2D eigenvalue weighted by Crippen LogP contribution is -2.72. The summed E-state index contributed by atoms with van der Waals surface area (Å²) >= 11 is 1.10. The Hall–Kier alpha value is -2.24. The Morgan fingerprint density at radius 1 is 1.15 bits per heavy atom. The van der Waals surface area contributed by atoms with Crippen molar-refractivity contribution in [3.05, 3.63) is 35.2 Å². The summed E-state index contributed by atoms with van der Waals surface area (Å²) in [6.45, 7) is 5.35. The quantitative estimate of drug-likeness (QED) is 0.552. The summed E-state index contributed by atoms with van der Waals surface area (Å²) in [6.07, 6.45) is 1.71. The van der Waals surface area contributed by atoms with Crippen LogP contribution in [0.4, 0.5) is 19.0 Å². The van der Waals surface area contributed by atoms with Gasteiger partial charge in [-0.2, -0.15) is 18.3 Å². The Morgan fingerprint density at radius 3 is 2.76 bits per heavy atom. The summed E-state index contributed by atoms with van der Waals surface area (Å²) in [7, 11) is 0. The van der Waals surface area contributed by atoms with E-state index >= 15 is 0 Å². The molecule has 0 bridgehead atoms. The molecule has 3 aromatic rings. The highest BCUT2D eigenvalue weighted by Crippen LogP contribution is 2.44. The van der Waals surface area contributed by atoms with Crippen LogP contribution >= 0.6 is 11.3 Å². The summed E-state index contributed by atoms with van der Waals surface area (Å²) in [5, 5.41) is 5.44. The molecular formula is C22H25F3N6OS. The van der Waals surface area contributed by atoms with Gasteiger partial charge in [0.25, 0.3) is 0 Å². The molecule has 0 saturated carbocycles. The first-order valence-electron chi connectivity index (χ1n) is 11.3. The number of fused-ring (bicyclic) bond motifs is 1. The Kier molecular flexibility index (Phi) is 5.11. The normalized spacial score (nSPS) is 23.1. The zero-order valence-corrected chi connectivity index (χ0v) is 18.9. The number of aromatic nitrogens is 4. The first-order valence-corrected chi connectivity index (χ1v) is 12.1. The molecule has 3 fully saturated rings. The fraction of sp³-hybridized carbons (Fsp3) is 0.591. The van der Waals surface area contributed by atoms with Crippen LogP contribution in [0.25, 0.3) is 10.2 Å². The predicted molar refractivity (Wildman–Crippen MR) is 118 cm³/mol. The molecular weight excluding hydrogens is 453 g/mol. The maximum Gasteiger partial charge on any atom is 0.393 e. The molecule has 176 valence electrons. The van der Waals surface area contributed by atoms with Gasteiger partial charge in [-0.15, -0.1) is 11.3 Å². The smallest absolute Gasteiger partial charge is 0.357 e. The third kappa shape index (κ3) is 4.22. The molecule has 3 aliphatic rings. The molecule has 33 heavy (non-hydrogen) atoms. The van der Waals surface area contributed by atoms with E-state index in [0.29, 0.717) is 4.83 Å². The molecule has 7 nitrogen and oxygen atoms in total. The van der Waals surface area contributed by atoms with Crippen molar-refractivity contribution >= 4 is 27.4 Å². The monoisotopic (exact) mass is 478 g/mol. The number of ether oxygens (including phenoxy) is 1. The predicted octanol–water partition coefficient (Wildman–Crippen LogP) is 4.01. The summed E-state index contributed by atoms with van der Waals surface area (Å²) < 4.78 is 46.1. The van der Waals surface area contributed by atoms with Gasteiger partial charge in [0.1, 0.15) is 23.2 Å². The largest absolute Gasteiger partial charge is 0.393 e. The Morgan fingerprint density at radius 2 is 2.00 bits per heavy atom. The molecule has 3 aliphatic heterocycles. The molecule has 0 amide bonds. The third-order valence-electron chi connectivity index (χ3n) is 6.70. The van der Waals surface area contributed by atoms with Gasteiger partial charge < -0.3 is 9.64 Å².